The molecule has 0 saturated heterocycles. The van der Waals surface area contributed by atoms with E-state index in [4.69, 9.17) is 22.4 Å². The molecular formula is C12H9ClIN3O2. The summed E-state index contributed by atoms with van der Waals surface area (Å²) in [6.45, 7) is 0. The molecule has 0 fully saturated rings. The summed E-state index contributed by atoms with van der Waals surface area (Å²) in [5.74, 6) is -0.854. The van der Waals surface area contributed by atoms with Crippen LogP contribution in [0, 0.1) is 3.57 Å². The largest absolute Gasteiger partial charge is 0.478 e. The first-order valence-electron chi connectivity index (χ1n) is 5.18. The van der Waals surface area contributed by atoms with E-state index in [0.717, 1.165) is 9.26 Å². The van der Waals surface area contributed by atoms with Crippen LogP contribution >= 0.6 is 34.2 Å². The van der Waals surface area contributed by atoms with Crippen molar-refractivity contribution >= 4 is 57.4 Å². The third-order valence-corrected chi connectivity index (χ3v) is 3.45. The highest BCUT2D eigenvalue weighted by molar-refractivity contribution is 14.1. The Morgan fingerprint density at radius 1 is 1.42 bits per heavy atom. The van der Waals surface area contributed by atoms with E-state index in [0.29, 0.717) is 10.7 Å². The van der Waals surface area contributed by atoms with E-state index in [1.165, 1.54) is 12.3 Å². The Morgan fingerprint density at radius 3 is 2.79 bits per heavy atom. The molecule has 0 amide bonds. The van der Waals surface area contributed by atoms with Crippen molar-refractivity contribution in [1.82, 2.24) is 4.98 Å². The van der Waals surface area contributed by atoms with E-state index in [1.807, 2.05) is 0 Å². The first-order valence-corrected chi connectivity index (χ1v) is 6.64. The molecule has 5 nitrogen and oxygen atoms in total. The molecule has 7 heteroatoms. The third-order valence-electron chi connectivity index (χ3n) is 2.32. The van der Waals surface area contributed by atoms with Crippen molar-refractivity contribution in [2.45, 2.75) is 0 Å². The van der Waals surface area contributed by atoms with E-state index in [1.54, 1.807) is 18.2 Å². The van der Waals surface area contributed by atoms with Gasteiger partial charge in [0.2, 0.25) is 0 Å². The van der Waals surface area contributed by atoms with Gasteiger partial charge in [0, 0.05) is 8.59 Å². The zero-order chi connectivity index (χ0) is 14.0. The summed E-state index contributed by atoms with van der Waals surface area (Å²) in [5.41, 5.74) is 6.58. The molecule has 2 rings (SSSR count). The molecule has 0 atom stereocenters. The van der Waals surface area contributed by atoms with Gasteiger partial charge >= 0.3 is 5.97 Å². The molecule has 19 heavy (non-hydrogen) atoms. The van der Waals surface area contributed by atoms with Crippen LogP contribution in [0.2, 0.25) is 5.02 Å². The minimum atomic E-state index is -1.09. The lowest BCUT2D eigenvalue weighted by Gasteiger charge is -2.10. The molecule has 0 aliphatic heterocycles. The Bertz CT molecular complexity index is 649. The lowest BCUT2D eigenvalue weighted by Crippen LogP contribution is -2.06. The molecule has 98 valence electrons. The van der Waals surface area contributed by atoms with Gasteiger partial charge in [-0.15, -0.1) is 0 Å². The number of nitrogens with one attached hydrogen (secondary N) is 1. The van der Waals surface area contributed by atoms with Crippen molar-refractivity contribution in [3.63, 3.8) is 0 Å². The van der Waals surface area contributed by atoms with Crippen LogP contribution in [-0.2, 0) is 0 Å². The van der Waals surface area contributed by atoms with Gasteiger partial charge < -0.3 is 16.2 Å². The maximum absolute atomic E-state index is 11.1. The number of carbonyl (C=O) groups is 1. The van der Waals surface area contributed by atoms with Crippen molar-refractivity contribution in [2.24, 2.45) is 0 Å². The Balaban J connectivity index is 2.40. The number of nitrogens with two attached hydrogens (primary N) is 1. The quantitative estimate of drug-likeness (QED) is 0.701. The fourth-order valence-corrected chi connectivity index (χ4v) is 2.47. The zero-order valence-electron chi connectivity index (χ0n) is 9.52. The van der Waals surface area contributed by atoms with Gasteiger partial charge in [-0.25, -0.2) is 9.78 Å². The predicted octanol–water partition coefficient (Wildman–Crippen LogP) is 3.36. The van der Waals surface area contributed by atoms with Gasteiger partial charge in [0.15, 0.2) is 0 Å². The number of nitrogen functional groups attached to an aromatic ring is 1. The van der Waals surface area contributed by atoms with Crippen LogP contribution in [0.25, 0.3) is 0 Å². The number of aromatic carboxylic acids is 1. The second-order valence-electron chi connectivity index (χ2n) is 3.72. The van der Waals surface area contributed by atoms with Crippen molar-refractivity contribution in [1.29, 1.82) is 0 Å². The average Bonchev–Trinajstić information content (AvgIpc) is 2.34. The van der Waals surface area contributed by atoms with Crippen LogP contribution in [-0.4, -0.2) is 16.1 Å². The van der Waals surface area contributed by atoms with Gasteiger partial charge in [0.1, 0.15) is 11.4 Å². The first-order chi connectivity index (χ1) is 8.97. The Labute approximate surface area is 127 Å². The molecule has 0 saturated carbocycles. The highest BCUT2D eigenvalue weighted by atomic mass is 127. The number of aromatic nitrogens is 1. The molecule has 1 heterocycles. The Kier molecular flexibility index (Phi) is 4.11. The normalized spacial score (nSPS) is 10.2. The topological polar surface area (TPSA) is 88.2 Å². The second-order valence-corrected chi connectivity index (χ2v) is 5.32. The number of anilines is 3. The smallest absolute Gasteiger partial charge is 0.339 e. The summed E-state index contributed by atoms with van der Waals surface area (Å²) in [6, 6.07) is 6.60. The summed E-state index contributed by atoms with van der Waals surface area (Å²) in [6.07, 6.45) is 1.40. The van der Waals surface area contributed by atoms with E-state index in [-0.39, 0.29) is 11.4 Å². The highest BCUT2D eigenvalue weighted by Crippen LogP contribution is 2.26. The SMILES string of the molecule is Nc1cnc(Nc2ccc(Cl)cc2I)c(C(=O)O)c1. The molecular weight excluding hydrogens is 381 g/mol. The van der Waals surface area contributed by atoms with Crippen LogP contribution in [0.3, 0.4) is 0 Å². The zero-order valence-corrected chi connectivity index (χ0v) is 12.4. The Hall–Kier alpha value is -1.54. The number of carboxylic acid groups (broad SMARTS) is 1. The lowest BCUT2D eigenvalue weighted by atomic mass is 10.2. The number of carboxylic acids is 1. The summed E-state index contributed by atoms with van der Waals surface area (Å²) in [5, 5.41) is 12.7. The molecule has 0 unspecified atom stereocenters. The molecule has 0 aliphatic carbocycles. The molecule has 0 radical (unpaired) electrons. The second kappa shape index (κ2) is 5.62. The first kappa shape index (κ1) is 13.9. The summed E-state index contributed by atoms with van der Waals surface area (Å²) >= 11 is 7.97. The summed E-state index contributed by atoms with van der Waals surface area (Å²) in [7, 11) is 0. The maximum Gasteiger partial charge on any atom is 0.339 e. The van der Waals surface area contributed by atoms with Crippen molar-refractivity contribution in [3.05, 3.63) is 44.6 Å². The average molecular weight is 390 g/mol. The molecule has 0 spiro atoms. The minimum Gasteiger partial charge on any atom is -0.478 e. The van der Waals surface area contributed by atoms with Gasteiger partial charge in [0.05, 0.1) is 17.6 Å². The number of benzene rings is 1. The van der Waals surface area contributed by atoms with E-state index in [2.05, 4.69) is 32.9 Å². The van der Waals surface area contributed by atoms with Crippen LogP contribution in [0.5, 0.6) is 0 Å². The van der Waals surface area contributed by atoms with Crippen molar-refractivity contribution < 1.29 is 9.90 Å². The molecule has 0 aliphatic rings. The molecule has 0 bridgehead atoms. The number of hydrogen-bond donors (Lipinski definition) is 3. The van der Waals surface area contributed by atoms with Gasteiger partial charge in [-0.2, -0.15) is 0 Å². The molecule has 2 aromatic rings. The maximum atomic E-state index is 11.1. The van der Waals surface area contributed by atoms with Gasteiger partial charge in [0.25, 0.3) is 0 Å². The van der Waals surface area contributed by atoms with E-state index in [9.17, 15) is 4.79 Å². The van der Waals surface area contributed by atoms with Crippen LogP contribution in [0.1, 0.15) is 10.4 Å². The number of pyridine rings is 1. The monoisotopic (exact) mass is 389 g/mol. The van der Waals surface area contributed by atoms with Crippen molar-refractivity contribution in [3.8, 4) is 0 Å². The number of hydrogen-bond acceptors (Lipinski definition) is 4. The van der Waals surface area contributed by atoms with Crippen LogP contribution in [0.15, 0.2) is 30.5 Å². The van der Waals surface area contributed by atoms with Crippen LogP contribution < -0.4 is 11.1 Å². The number of nitrogens with zero attached hydrogens (tertiary/aromatic N) is 1. The van der Waals surface area contributed by atoms with E-state index >= 15 is 0 Å². The predicted molar refractivity (Wildman–Crippen MR) is 83.1 cm³/mol. The molecule has 1 aromatic heterocycles. The summed E-state index contributed by atoms with van der Waals surface area (Å²) in [4.78, 5) is 15.1. The molecule has 4 N–H and O–H groups in total. The molecule has 1 aromatic carbocycles. The fraction of sp³-hybridized carbons (Fsp3) is 0. The summed E-state index contributed by atoms with van der Waals surface area (Å²) < 4.78 is 0.861. The number of rotatable bonds is 3. The lowest BCUT2D eigenvalue weighted by molar-refractivity contribution is 0.0697. The van der Waals surface area contributed by atoms with Gasteiger partial charge in [-0.1, -0.05) is 11.6 Å². The highest BCUT2D eigenvalue weighted by Gasteiger charge is 2.13. The Morgan fingerprint density at radius 2 is 2.16 bits per heavy atom. The standard InChI is InChI=1S/C12H9ClIN3O2/c13-6-1-2-10(9(14)3-6)17-11-8(12(18)19)4-7(15)5-16-11/h1-5H,15H2,(H,16,17)(H,18,19). The van der Waals surface area contributed by atoms with E-state index < -0.39 is 5.97 Å². The number of halogens is 2. The third kappa shape index (κ3) is 3.27. The minimum absolute atomic E-state index is 0.0192. The van der Waals surface area contributed by atoms with Gasteiger partial charge in [-0.05, 0) is 46.9 Å². The van der Waals surface area contributed by atoms with Crippen molar-refractivity contribution in [2.75, 3.05) is 11.1 Å². The fourth-order valence-electron chi connectivity index (χ4n) is 1.46. The van der Waals surface area contributed by atoms with Gasteiger partial charge in [-0.3, -0.25) is 0 Å². The van der Waals surface area contributed by atoms with Crippen LogP contribution in [0.4, 0.5) is 17.2 Å².